The van der Waals surface area contributed by atoms with Gasteiger partial charge in [-0.1, -0.05) is 42.5 Å². The number of anilines is 1. The Kier molecular flexibility index (Phi) is 6.43. The predicted octanol–water partition coefficient (Wildman–Crippen LogP) is -1.11. The molecule has 0 amide bonds. The fourth-order valence-electron chi connectivity index (χ4n) is 4.33. The first-order chi connectivity index (χ1) is 17.8. The van der Waals surface area contributed by atoms with E-state index < -0.39 is 42.4 Å². The highest BCUT2D eigenvalue weighted by atomic mass is 16.6. The standard InChI is InChI=1S/C24H26N6O7/c25-23-27-20-17(21(34)30(23)26)28(24(35)29(20)22-19(33)18(32)16(11-31)37-22)10-13-6-8-15(9-7-13)36-12-14-4-2-1-3-5-14/h1-9,16,18-19,22,31-33H,10-12,26H2,(H2,25,27)/t16-,18-,19-,22-/m1/s1. The Labute approximate surface area is 209 Å². The second-order valence-electron chi connectivity index (χ2n) is 8.70. The molecule has 0 saturated carbocycles. The molecule has 1 fully saturated rings. The largest absolute Gasteiger partial charge is 0.489 e. The first-order valence-electron chi connectivity index (χ1n) is 11.5. The van der Waals surface area contributed by atoms with Crippen LogP contribution in [0.5, 0.6) is 5.75 Å². The molecule has 194 valence electrons. The summed E-state index contributed by atoms with van der Waals surface area (Å²) in [6.45, 7) is -0.246. The van der Waals surface area contributed by atoms with Gasteiger partial charge in [0.25, 0.3) is 5.56 Å². The SMILES string of the molecule is Nc1nc2c(c(=O)n1N)n(Cc1ccc(OCc3ccccc3)cc1)c(=O)n2[C@@H]1O[C@H](CO)[C@@H](O)[C@H]1O. The normalized spacial score (nSPS) is 21.5. The number of imidazole rings is 1. The van der Waals surface area contributed by atoms with E-state index in [1.54, 1.807) is 24.3 Å². The lowest BCUT2D eigenvalue weighted by molar-refractivity contribution is -0.0527. The third-order valence-corrected chi connectivity index (χ3v) is 6.32. The number of fused-ring (bicyclic) bond motifs is 1. The molecule has 0 spiro atoms. The molecule has 2 aromatic carbocycles. The molecule has 4 atom stereocenters. The molecule has 2 aromatic heterocycles. The number of hydrogen-bond donors (Lipinski definition) is 5. The predicted molar refractivity (Wildman–Crippen MR) is 132 cm³/mol. The van der Waals surface area contributed by atoms with E-state index in [2.05, 4.69) is 4.98 Å². The van der Waals surface area contributed by atoms with Crippen LogP contribution in [0.2, 0.25) is 0 Å². The summed E-state index contributed by atoms with van der Waals surface area (Å²) in [7, 11) is 0. The van der Waals surface area contributed by atoms with Crippen LogP contribution in [-0.2, 0) is 17.9 Å². The number of benzene rings is 2. The van der Waals surface area contributed by atoms with Crippen molar-refractivity contribution in [1.82, 2.24) is 18.8 Å². The van der Waals surface area contributed by atoms with Crippen LogP contribution in [0.1, 0.15) is 17.4 Å². The van der Waals surface area contributed by atoms with Crippen LogP contribution >= 0.6 is 0 Å². The average Bonchev–Trinajstić information content (AvgIpc) is 3.34. The topological polar surface area (TPSA) is 193 Å². The third kappa shape index (κ3) is 4.34. The molecule has 0 unspecified atom stereocenters. The van der Waals surface area contributed by atoms with Crippen LogP contribution < -0.4 is 27.6 Å². The van der Waals surface area contributed by atoms with Crippen molar-refractivity contribution in [3.63, 3.8) is 0 Å². The summed E-state index contributed by atoms with van der Waals surface area (Å²) < 4.78 is 14.0. The molecule has 0 bridgehead atoms. The number of aliphatic hydroxyl groups excluding tert-OH is 3. The van der Waals surface area contributed by atoms with Crippen LogP contribution in [0.3, 0.4) is 0 Å². The summed E-state index contributed by atoms with van der Waals surface area (Å²) in [5, 5.41) is 30.2. The first kappa shape index (κ1) is 24.5. The molecule has 1 saturated heterocycles. The minimum absolute atomic E-state index is 0.0447. The maximum absolute atomic E-state index is 13.5. The fraction of sp³-hybridized carbons (Fsp3) is 0.292. The van der Waals surface area contributed by atoms with Gasteiger partial charge in [-0.15, -0.1) is 0 Å². The Hall–Kier alpha value is -4.17. The van der Waals surface area contributed by atoms with E-state index in [1.165, 1.54) is 0 Å². The van der Waals surface area contributed by atoms with Crippen molar-refractivity contribution in [2.24, 2.45) is 0 Å². The molecule has 1 aliphatic rings. The Balaban J connectivity index is 1.50. The second kappa shape index (κ2) is 9.71. The summed E-state index contributed by atoms with van der Waals surface area (Å²) in [6, 6.07) is 16.7. The van der Waals surface area contributed by atoms with Crippen molar-refractivity contribution in [3.8, 4) is 5.75 Å². The molecule has 5 rings (SSSR count). The maximum atomic E-state index is 13.5. The minimum Gasteiger partial charge on any atom is -0.489 e. The van der Waals surface area contributed by atoms with Crippen LogP contribution in [0, 0.1) is 0 Å². The van der Waals surface area contributed by atoms with E-state index in [9.17, 15) is 24.9 Å². The van der Waals surface area contributed by atoms with E-state index in [4.69, 9.17) is 21.1 Å². The van der Waals surface area contributed by atoms with Gasteiger partial charge in [0.15, 0.2) is 17.4 Å². The van der Waals surface area contributed by atoms with Crippen molar-refractivity contribution >= 4 is 17.1 Å². The van der Waals surface area contributed by atoms with Crippen molar-refractivity contribution in [1.29, 1.82) is 0 Å². The molecule has 1 aliphatic heterocycles. The summed E-state index contributed by atoms with van der Waals surface area (Å²) in [6.07, 6.45) is -5.59. The van der Waals surface area contributed by atoms with Gasteiger partial charge in [-0.05, 0) is 23.3 Å². The molecular weight excluding hydrogens is 484 g/mol. The van der Waals surface area contributed by atoms with Gasteiger partial charge in [0.2, 0.25) is 5.95 Å². The summed E-state index contributed by atoms with van der Waals surface area (Å²) in [5.41, 5.74) is 5.57. The van der Waals surface area contributed by atoms with Crippen molar-refractivity contribution in [2.75, 3.05) is 18.2 Å². The molecule has 3 heterocycles. The van der Waals surface area contributed by atoms with Gasteiger partial charge < -0.3 is 36.4 Å². The van der Waals surface area contributed by atoms with E-state index in [0.29, 0.717) is 22.6 Å². The van der Waals surface area contributed by atoms with Crippen molar-refractivity contribution in [3.05, 3.63) is 86.6 Å². The third-order valence-electron chi connectivity index (χ3n) is 6.32. The molecule has 37 heavy (non-hydrogen) atoms. The van der Waals surface area contributed by atoms with E-state index in [0.717, 1.165) is 14.7 Å². The molecular formula is C24H26N6O7. The van der Waals surface area contributed by atoms with E-state index in [-0.39, 0.29) is 23.7 Å². The van der Waals surface area contributed by atoms with Gasteiger partial charge in [0.05, 0.1) is 13.2 Å². The number of hydrogen-bond acceptors (Lipinski definition) is 10. The smallest absolute Gasteiger partial charge is 0.333 e. The second-order valence-corrected chi connectivity index (χ2v) is 8.70. The summed E-state index contributed by atoms with van der Waals surface area (Å²) in [5.74, 6) is 5.99. The van der Waals surface area contributed by atoms with Crippen molar-refractivity contribution in [2.45, 2.75) is 37.7 Å². The van der Waals surface area contributed by atoms with Gasteiger partial charge in [-0.3, -0.25) is 9.36 Å². The summed E-state index contributed by atoms with van der Waals surface area (Å²) in [4.78, 5) is 30.6. The zero-order valence-electron chi connectivity index (χ0n) is 19.5. The quantitative estimate of drug-likeness (QED) is 0.190. The molecule has 0 radical (unpaired) electrons. The van der Waals surface area contributed by atoms with Gasteiger partial charge in [0.1, 0.15) is 30.7 Å². The highest BCUT2D eigenvalue weighted by molar-refractivity contribution is 5.72. The zero-order chi connectivity index (χ0) is 26.3. The maximum Gasteiger partial charge on any atom is 0.333 e. The van der Waals surface area contributed by atoms with Crippen LogP contribution in [0.4, 0.5) is 5.95 Å². The van der Waals surface area contributed by atoms with Crippen LogP contribution in [0.25, 0.3) is 11.2 Å². The van der Waals surface area contributed by atoms with E-state index in [1.807, 2.05) is 30.3 Å². The lowest BCUT2D eigenvalue weighted by Gasteiger charge is -2.16. The van der Waals surface area contributed by atoms with Crippen LogP contribution in [-0.4, -0.2) is 59.0 Å². The lowest BCUT2D eigenvalue weighted by atomic mass is 10.1. The first-order valence-corrected chi connectivity index (χ1v) is 11.5. The van der Waals surface area contributed by atoms with E-state index >= 15 is 0 Å². The molecule has 13 heteroatoms. The Morgan fingerprint density at radius 1 is 1.00 bits per heavy atom. The van der Waals surface area contributed by atoms with Crippen molar-refractivity contribution < 1.29 is 24.8 Å². The highest BCUT2D eigenvalue weighted by Gasteiger charge is 2.45. The molecule has 0 aliphatic carbocycles. The number of nitrogen functional groups attached to an aromatic ring is 2. The van der Waals surface area contributed by atoms with Gasteiger partial charge >= 0.3 is 5.69 Å². The molecule has 13 nitrogen and oxygen atoms in total. The fourth-order valence-corrected chi connectivity index (χ4v) is 4.33. The number of aliphatic hydroxyl groups is 3. The number of ether oxygens (including phenoxy) is 2. The van der Waals surface area contributed by atoms with Gasteiger partial charge in [-0.25, -0.2) is 9.36 Å². The number of nitrogens with zero attached hydrogens (tertiary/aromatic N) is 4. The Bertz CT molecular complexity index is 1530. The molecule has 4 aromatic rings. The Morgan fingerprint density at radius 2 is 1.70 bits per heavy atom. The number of nitrogens with two attached hydrogens (primary N) is 2. The summed E-state index contributed by atoms with van der Waals surface area (Å²) >= 11 is 0. The monoisotopic (exact) mass is 510 g/mol. The highest BCUT2D eigenvalue weighted by Crippen LogP contribution is 2.30. The Morgan fingerprint density at radius 3 is 2.35 bits per heavy atom. The molecule has 7 N–H and O–H groups in total. The zero-order valence-corrected chi connectivity index (χ0v) is 19.5. The average molecular weight is 511 g/mol. The van der Waals surface area contributed by atoms with Crippen LogP contribution in [0.15, 0.2) is 64.2 Å². The van der Waals surface area contributed by atoms with Gasteiger partial charge in [0, 0.05) is 0 Å². The number of rotatable bonds is 7. The minimum atomic E-state index is -1.57. The van der Waals surface area contributed by atoms with Gasteiger partial charge in [-0.2, -0.15) is 9.66 Å². The lowest BCUT2D eigenvalue weighted by Crippen LogP contribution is -2.36. The number of aromatic nitrogens is 4.